The van der Waals surface area contributed by atoms with Crippen molar-refractivity contribution in [3.63, 3.8) is 0 Å². The number of likely N-dealkylation sites (tertiary alicyclic amines) is 1. The average Bonchev–Trinajstić information content (AvgIpc) is 3.14. The monoisotopic (exact) mass is 245 g/mol. The van der Waals surface area contributed by atoms with Crippen LogP contribution in [0.15, 0.2) is 24.5 Å². The largest absolute Gasteiger partial charge is 0.314 e. The summed E-state index contributed by atoms with van der Waals surface area (Å²) >= 11 is 0. The molecule has 1 aromatic rings. The minimum absolute atomic E-state index is 0.504. The molecule has 0 amide bonds. The Balaban J connectivity index is 1.51. The number of pyridine rings is 1. The molecular weight excluding hydrogens is 222 g/mol. The van der Waals surface area contributed by atoms with Crippen molar-refractivity contribution < 1.29 is 0 Å². The van der Waals surface area contributed by atoms with E-state index in [2.05, 4.69) is 28.2 Å². The van der Waals surface area contributed by atoms with Crippen molar-refractivity contribution >= 4 is 0 Å². The van der Waals surface area contributed by atoms with Crippen molar-refractivity contribution in [3.8, 4) is 0 Å². The van der Waals surface area contributed by atoms with Gasteiger partial charge in [-0.15, -0.1) is 0 Å². The summed E-state index contributed by atoms with van der Waals surface area (Å²) in [5, 5.41) is 3.66. The summed E-state index contributed by atoms with van der Waals surface area (Å²) in [6.07, 6.45) is 7.97. The molecule has 1 saturated carbocycles. The molecule has 1 aliphatic carbocycles. The molecule has 2 heterocycles. The lowest BCUT2D eigenvalue weighted by Gasteiger charge is -2.24. The molecule has 1 aromatic heterocycles. The molecule has 1 N–H and O–H groups in total. The molecule has 0 bridgehead atoms. The van der Waals surface area contributed by atoms with Crippen molar-refractivity contribution in [1.29, 1.82) is 0 Å². The van der Waals surface area contributed by atoms with E-state index < -0.39 is 0 Å². The maximum absolute atomic E-state index is 4.22. The first-order chi connectivity index (χ1) is 8.83. The number of rotatable bonds is 5. The van der Waals surface area contributed by atoms with E-state index in [9.17, 15) is 0 Å². The standard InChI is InChI=1S/C15H23N3/c1-12(14-3-2-7-16-10-14)18-8-6-13(11-18)9-17-15-4-5-15/h2-3,7,10,12-13,15,17H,4-6,8-9,11H2,1H3. The number of hydrogen-bond acceptors (Lipinski definition) is 3. The van der Waals surface area contributed by atoms with Crippen molar-refractivity contribution in [2.24, 2.45) is 5.92 Å². The Bertz CT molecular complexity index is 375. The predicted octanol–water partition coefficient (Wildman–Crippen LogP) is 2.22. The predicted molar refractivity (Wildman–Crippen MR) is 73.4 cm³/mol. The van der Waals surface area contributed by atoms with Gasteiger partial charge in [0.25, 0.3) is 0 Å². The van der Waals surface area contributed by atoms with E-state index in [1.54, 1.807) is 0 Å². The quantitative estimate of drug-likeness (QED) is 0.862. The third-order valence-electron chi connectivity index (χ3n) is 4.30. The van der Waals surface area contributed by atoms with E-state index in [4.69, 9.17) is 0 Å². The lowest BCUT2D eigenvalue weighted by Crippen LogP contribution is -2.29. The fourth-order valence-corrected chi connectivity index (χ4v) is 2.84. The fraction of sp³-hybridized carbons (Fsp3) is 0.667. The Morgan fingerprint density at radius 1 is 1.44 bits per heavy atom. The number of aromatic nitrogens is 1. The second-order valence-corrected chi connectivity index (χ2v) is 5.79. The third-order valence-corrected chi connectivity index (χ3v) is 4.30. The van der Waals surface area contributed by atoms with Gasteiger partial charge in [0.05, 0.1) is 0 Å². The molecular formula is C15H23N3. The zero-order valence-electron chi connectivity index (χ0n) is 11.2. The fourth-order valence-electron chi connectivity index (χ4n) is 2.84. The molecule has 2 unspecified atom stereocenters. The van der Waals surface area contributed by atoms with Crippen LogP contribution in [-0.2, 0) is 0 Å². The molecule has 2 aliphatic rings. The summed E-state index contributed by atoms with van der Waals surface area (Å²) in [5.74, 6) is 0.838. The summed E-state index contributed by atoms with van der Waals surface area (Å²) < 4.78 is 0. The SMILES string of the molecule is CC(c1cccnc1)N1CCC(CNC2CC2)C1. The minimum atomic E-state index is 0.504. The van der Waals surface area contributed by atoms with Gasteiger partial charge in [-0.2, -0.15) is 0 Å². The highest BCUT2D eigenvalue weighted by molar-refractivity contribution is 5.13. The topological polar surface area (TPSA) is 28.2 Å². The molecule has 98 valence electrons. The molecule has 2 fully saturated rings. The Kier molecular flexibility index (Phi) is 3.62. The number of hydrogen-bond donors (Lipinski definition) is 1. The lowest BCUT2D eigenvalue weighted by molar-refractivity contribution is 0.251. The van der Waals surface area contributed by atoms with Crippen LogP contribution < -0.4 is 5.32 Å². The molecule has 3 rings (SSSR count). The van der Waals surface area contributed by atoms with Gasteiger partial charge in [-0.25, -0.2) is 0 Å². The van der Waals surface area contributed by atoms with Gasteiger partial charge in [0, 0.05) is 31.0 Å². The van der Waals surface area contributed by atoms with Crippen molar-refractivity contribution in [3.05, 3.63) is 30.1 Å². The Labute approximate surface area is 110 Å². The third kappa shape index (κ3) is 2.90. The molecule has 18 heavy (non-hydrogen) atoms. The van der Waals surface area contributed by atoms with Gasteiger partial charge in [0.2, 0.25) is 0 Å². The van der Waals surface area contributed by atoms with Crippen molar-refractivity contribution in [2.45, 2.75) is 38.3 Å². The first kappa shape index (κ1) is 12.1. The number of nitrogens with zero attached hydrogens (tertiary/aromatic N) is 2. The van der Waals surface area contributed by atoms with E-state index in [-0.39, 0.29) is 0 Å². The first-order valence-electron chi connectivity index (χ1n) is 7.20. The molecule has 1 saturated heterocycles. The van der Waals surface area contributed by atoms with Gasteiger partial charge < -0.3 is 5.32 Å². The highest BCUT2D eigenvalue weighted by Crippen LogP contribution is 2.27. The Morgan fingerprint density at radius 3 is 3.06 bits per heavy atom. The van der Waals surface area contributed by atoms with Crippen LogP contribution in [0.25, 0.3) is 0 Å². The van der Waals surface area contributed by atoms with Gasteiger partial charge in [-0.3, -0.25) is 9.88 Å². The van der Waals surface area contributed by atoms with Gasteiger partial charge >= 0.3 is 0 Å². The van der Waals surface area contributed by atoms with Gasteiger partial charge in [0.15, 0.2) is 0 Å². The maximum Gasteiger partial charge on any atom is 0.0335 e. The van der Waals surface area contributed by atoms with Crippen LogP contribution in [0.2, 0.25) is 0 Å². The van der Waals surface area contributed by atoms with Crippen LogP contribution in [0.5, 0.6) is 0 Å². The summed E-state index contributed by atoms with van der Waals surface area (Å²) in [6.45, 7) is 5.97. The van der Waals surface area contributed by atoms with E-state index in [0.29, 0.717) is 6.04 Å². The molecule has 1 aliphatic heterocycles. The molecule has 2 atom stereocenters. The van der Waals surface area contributed by atoms with E-state index in [1.807, 2.05) is 18.5 Å². The summed E-state index contributed by atoms with van der Waals surface area (Å²) in [4.78, 5) is 6.82. The molecule has 3 heteroatoms. The van der Waals surface area contributed by atoms with E-state index >= 15 is 0 Å². The van der Waals surface area contributed by atoms with Crippen molar-refractivity contribution in [2.75, 3.05) is 19.6 Å². The first-order valence-corrected chi connectivity index (χ1v) is 7.20. The van der Waals surface area contributed by atoms with Crippen molar-refractivity contribution in [1.82, 2.24) is 15.2 Å². The van der Waals surface area contributed by atoms with Crippen LogP contribution >= 0.6 is 0 Å². The number of nitrogens with one attached hydrogen (secondary N) is 1. The zero-order chi connectivity index (χ0) is 12.4. The summed E-state index contributed by atoms with van der Waals surface area (Å²) in [7, 11) is 0. The van der Waals surface area contributed by atoms with Crippen LogP contribution in [0.3, 0.4) is 0 Å². The Hall–Kier alpha value is -0.930. The van der Waals surface area contributed by atoms with Gasteiger partial charge in [-0.1, -0.05) is 6.07 Å². The highest BCUT2D eigenvalue weighted by atomic mass is 15.2. The molecule has 0 aromatic carbocycles. The zero-order valence-corrected chi connectivity index (χ0v) is 11.2. The van der Waals surface area contributed by atoms with Gasteiger partial charge in [-0.05, 0) is 56.8 Å². The second kappa shape index (κ2) is 5.37. The van der Waals surface area contributed by atoms with E-state index in [1.165, 1.54) is 44.5 Å². The Morgan fingerprint density at radius 2 is 2.33 bits per heavy atom. The highest BCUT2D eigenvalue weighted by Gasteiger charge is 2.28. The average molecular weight is 245 g/mol. The van der Waals surface area contributed by atoms with Crippen LogP contribution in [-0.4, -0.2) is 35.6 Å². The maximum atomic E-state index is 4.22. The summed E-state index contributed by atoms with van der Waals surface area (Å²) in [5.41, 5.74) is 1.34. The molecule has 0 spiro atoms. The summed E-state index contributed by atoms with van der Waals surface area (Å²) in [6, 6.07) is 5.57. The van der Waals surface area contributed by atoms with Crippen LogP contribution in [0, 0.1) is 5.92 Å². The van der Waals surface area contributed by atoms with E-state index in [0.717, 1.165) is 12.0 Å². The normalized spacial score (nSPS) is 26.4. The van der Waals surface area contributed by atoms with Gasteiger partial charge in [0.1, 0.15) is 0 Å². The lowest BCUT2D eigenvalue weighted by atomic mass is 10.1. The second-order valence-electron chi connectivity index (χ2n) is 5.79. The smallest absolute Gasteiger partial charge is 0.0335 e. The van der Waals surface area contributed by atoms with Crippen LogP contribution in [0.4, 0.5) is 0 Å². The van der Waals surface area contributed by atoms with Crippen LogP contribution in [0.1, 0.15) is 37.8 Å². The molecule has 3 nitrogen and oxygen atoms in total. The molecule has 0 radical (unpaired) electrons. The minimum Gasteiger partial charge on any atom is -0.314 e.